The minimum Gasteiger partial charge on any atom is -0.273 e. The second-order valence-corrected chi connectivity index (χ2v) is 6.84. The number of carbonyl (C=O) groups is 2. The Hall–Kier alpha value is -2.45. The van der Waals surface area contributed by atoms with E-state index in [2.05, 4.69) is 10.9 Å². The zero-order valence-electron chi connectivity index (χ0n) is 12.5. The molecule has 0 aliphatic heterocycles. The van der Waals surface area contributed by atoms with Crippen LogP contribution < -0.4 is 15.6 Å². The second kappa shape index (κ2) is 7.21. The maximum atomic E-state index is 11.9. The van der Waals surface area contributed by atoms with E-state index in [-0.39, 0.29) is 6.42 Å². The molecule has 0 unspecified atom stereocenters. The Bertz CT molecular complexity index is 828. The van der Waals surface area contributed by atoms with Gasteiger partial charge in [-0.25, -0.2) is 13.1 Å². The molecule has 2 aromatic carbocycles. The zero-order valence-corrected chi connectivity index (χ0v) is 13.3. The number of carbonyl (C=O) groups excluding carboxylic acids is 2. The molecule has 0 radical (unpaired) electrons. The van der Waals surface area contributed by atoms with Crippen LogP contribution in [0.1, 0.15) is 5.56 Å². The van der Waals surface area contributed by atoms with Gasteiger partial charge >= 0.3 is 0 Å². The number of amides is 2. The molecular formula is C15H17N3O4S. The van der Waals surface area contributed by atoms with Gasteiger partial charge in [0, 0.05) is 0 Å². The van der Waals surface area contributed by atoms with Crippen LogP contribution in [0.2, 0.25) is 0 Å². The fourth-order valence-corrected chi connectivity index (χ4v) is 2.44. The molecule has 0 saturated carbocycles. The monoisotopic (exact) mass is 335 g/mol. The highest BCUT2D eigenvalue weighted by molar-refractivity contribution is 7.88. The first-order valence-electron chi connectivity index (χ1n) is 6.84. The summed E-state index contributed by atoms with van der Waals surface area (Å²) in [5, 5.41) is 1.99. The number of sulfonamides is 1. The summed E-state index contributed by atoms with van der Waals surface area (Å²) < 4.78 is 23.8. The standard InChI is InChI=1S/C15H17N3O4S/c1-23(21,22)16-10-15(20)18-17-14(19)9-12-7-4-6-11-5-2-3-8-13(11)12/h2-8,16H,9-10H2,1H3,(H,17,19)(H,18,20). The molecule has 0 aromatic heterocycles. The Kier molecular flexibility index (Phi) is 5.30. The molecule has 2 rings (SSSR count). The van der Waals surface area contributed by atoms with E-state index in [0.717, 1.165) is 22.6 Å². The third-order valence-corrected chi connectivity index (χ3v) is 3.74. The Morgan fingerprint density at radius 3 is 2.35 bits per heavy atom. The van der Waals surface area contributed by atoms with E-state index in [9.17, 15) is 18.0 Å². The van der Waals surface area contributed by atoms with Crippen molar-refractivity contribution >= 4 is 32.6 Å². The van der Waals surface area contributed by atoms with Crippen LogP contribution in [0.15, 0.2) is 42.5 Å². The molecular weight excluding hydrogens is 318 g/mol. The van der Waals surface area contributed by atoms with E-state index in [0.29, 0.717) is 0 Å². The van der Waals surface area contributed by atoms with E-state index < -0.39 is 28.4 Å². The van der Waals surface area contributed by atoms with Gasteiger partial charge in [-0.1, -0.05) is 42.5 Å². The molecule has 0 bridgehead atoms. The van der Waals surface area contributed by atoms with E-state index in [1.165, 1.54) is 0 Å². The molecule has 0 spiro atoms. The van der Waals surface area contributed by atoms with Crippen molar-refractivity contribution in [1.82, 2.24) is 15.6 Å². The Labute approximate surface area is 134 Å². The lowest BCUT2D eigenvalue weighted by Gasteiger charge is -2.09. The van der Waals surface area contributed by atoms with Gasteiger partial charge in [0.25, 0.3) is 5.91 Å². The molecule has 0 heterocycles. The summed E-state index contributed by atoms with van der Waals surface area (Å²) in [6.45, 7) is -0.437. The first-order chi connectivity index (χ1) is 10.8. The molecule has 2 amide bonds. The molecule has 3 N–H and O–H groups in total. The molecule has 2 aromatic rings. The molecule has 0 aliphatic carbocycles. The highest BCUT2D eigenvalue weighted by Crippen LogP contribution is 2.18. The third kappa shape index (κ3) is 5.35. The van der Waals surface area contributed by atoms with E-state index in [1.807, 2.05) is 47.2 Å². The van der Waals surface area contributed by atoms with Gasteiger partial charge in [-0.05, 0) is 16.3 Å². The average molecular weight is 335 g/mol. The van der Waals surface area contributed by atoms with Crippen molar-refractivity contribution in [2.24, 2.45) is 0 Å². The number of hydrazine groups is 1. The first kappa shape index (κ1) is 16.9. The van der Waals surface area contributed by atoms with Gasteiger partial charge in [0.05, 0.1) is 19.2 Å². The van der Waals surface area contributed by atoms with Crippen molar-refractivity contribution in [3.05, 3.63) is 48.0 Å². The van der Waals surface area contributed by atoms with E-state index in [4.69, 9.17) is 0 Å². The molecule has 0 saturated heterocycles. The van der Waals surface area contributed by atoms with Crippen molar-refractivity contribution in [1.29, 1.82) is 0 Å². The summed E-state index contributed by atoms with van der Waals surface area (Å²) in [5.41, 5.74) is 5.25. The van der Waals surface area contributed by atoms with Crippen molar-refractivity contribution in [2.75, 3.05) is 12.8 Å². The highest BCUT2D eigenvalue weighted by atomic mass is 32.2. The fourth-order valence-electron chi connectivity index (χ4n) is 2.04. The van der Waals surface area contributed by atoms with Crippen molar-refractivity contribution in [3.8, 4) is 0 Å². The van der Waals surface area contributed by atoms with Crippen LogP contribution >= 0.6 is 0 Å². The van der Waals surface area contributed by atoms with Crippen LogP contribution in [0.3, 0.4) is 0 Å². The third-order valence-electron chi connectivity index (χ3n) is 3.07. The molecule has 7 nitrogen and oxygen atoms in total. The smallest absolute Gasteiger partial charge is 0.253 e. The quantitative estimate of drug-likeness (QED) is 0.673. The number of benzene rings is 2. The van der Waals surface area contributed by atoms with Crippen molar-refractivity contribution in [3.63, 3.8) is 0 Å². The minimum atomic E-state index is -3.45. The first-order valence-corrected chi connectivity index (χ1v) is 8.73. The molecule has 23 heavy (non-hydrogen) atoms. The summed E-state index contributed by atoms with van der Waals surface area (Å²) in [6, 6.07) is 13.3. The van der Waals surface area contributed by atoms with Gasteiger partial charge < -0.3 is 0 Å². The van der Waals surface area contributed by atoms with Crippen LogP contribution in [0.5, 0.6) is 0 Å². The highest BCUT2D eigenvalue weighted by Gasteiger charge is 2.09. The number of nitrogens with one attached hydrogen (secondary N) is 3. The van der Waals surface area contributed by atoms with Gasteiger partial charge in [-0.2, -0.15) is 0 Å². The SMILES string of the molecule is CS(=O)(=O)NCC(=O)NNC(=O)Cc1cccc2ccccc12. The van der Waals surface area contributed by atoms with Crippen LogP contribution in [0.25, 0.3) is 10.8 Å². The lowest BCUT2D eigenvalue weighted by molar-refractivity contribution is -0.127. The maximum Gasteiger partial charge on any atom is 0.253 e. The summed E-state index contributed by atoms with van der Waals surface area (Å²) in [6.07, 6.45) is 1.04. The Morgan fingerprint density at radius 1 is 0.957 bits per heavy atom. The Morgan fingerprint density at radius 2 is 1.61 bits per heavy atom. The lowest BCUT2D eigenvalue weighted by atomic mass is 10.0. The molecule has 0 atom stereocenters. The number of hydrogen-bond donors (Lipinski definition) is 3. The number of fused-ring (bicyclic) bond motifs is 1. The number of hydrogen-bond acceptors (Lipinski definition) is 4. The summed E-state index contributed by atoms with van der Waals surface area (Å²) >= 11 is 0. The van der Waals surface area contributed by atoms with Gasteiger partial charge in [0.2, 0.25) is 15.9 Å². The lowest BCUT2D eigenvalue weighted by Crippen LogP contribution is -2.46. The summed E-state index contributed by atoms with van der Waals surface area (Å²) in [7, 11) is -3.45. The van der Waals surface area contributed by atoms with E-state index >= 15 is 0 Å². The number of rotatable bonds is 5. The molecule has 0 aliphatic rings. The van der Waals surface area contributed by atoms with Crippen LogP contribution in [0, 0.1) is 0 Å². The zero-order chi connectivity index (χ0) is 16.9. The topological polar surface area (TPSA) is 104 Å². The average Bonchev–Trinajstić information content (AvgIpc) is 2.50. The summed E-state index contributed by atoms with van der Waals surface area (Å²) in [4.78, 5) is 23.3. The normalized spacial score (nSPS) is 11.2. The van der Waals surface area contributed by atoms with Gasteiger partial charge in [-0.15, -0.1) is 0 Å². The fraction of sp³-hybridized carbons (Fsp3) is 0.200. The molecule has 8 heteroatoms. The van der Waals surface area contributed by atoms with Crippen molar-refractivity contribution in [2.45, 2.75) is 6.42 Å². The van der Waals surface area contributed by atoms with Crippen LogP contribution in [0.4, 0.5) is 0 Å². The predicted molar refractivity (Wildman–Crippen MR) is 86.8 cm³/mol. The van der Waals surface area contributed by atoms with Crippen LogP contribution in [-0.2, 0) is 26.0 Å². The van der Waals surface area contributed by atoms with Gasteiger partial charge in [0.15, 0.2) is 0 Å². The molecule has 0 fully saturated rings. The predicted octanol–water partition coefficient (Wildman–Crippen LogP) is 0.0789. The second-order valence-electron chi connectivity index (χ2n) is 5.00. The van der Waals surface area contributed by atoms with Gasteiger partial charge in [0.1, 0.15) is 0 Å². The van der Waals surface area contributed by atoms with E-state index in [1.54, 1.807) is 0 Å². The van der Waals surface area contributed by atoms with Crippen molar-refractivity contribution < 1.29 is 18.0 Å². The summed E-state index contributed by atoms with van der Waals surface area (Å²) in [5.74, 6) is -1.05. The maximum absolute atomic E-state index is 11.9. The minimum absolute atomic E-state index is 0.0984. The van der Waals surface area contributed by atoms with Gasteiger partial charge in [-0.3, -0.25) is 20.4 Å². The largest absolute Gasteiger partial charge is 0.273 e. The molecule has 122 valence electrons. The van der Waals surface area contributed by atoms with Crippen LogP contribution in [-0.4, -0.2) is 33.0 Å². The Balaban J connectivity index is 1.91.